The molecule has 4 heterocycles. The van der Waals surface area contributed by atoms with Crippen molar-refractivity contribution in [2.24, 2.45) is 5.92 Å². The van der Waals surface area contributed by atoms with E-state index >= 15 is 0 Å². The van der Waals surface area contributed by atoms with Crippen LogP contribution in [0.3, 0.4) is 0 Å². The highest BCUT2D eigenvalue weighted by molar-refractivity contribution is 9.11. The van der Waals surface area contributed by atoms with Crippen LogP contribution in [-0.2, 0) is 14.8 Å². The molecule has 29 heavy (non-hydrogen) atoms. The van der Waals surface area contributed by atoms with Gasteiger partial charge in [-0.1, -0.05) is 0 Å². The van der Waals surface area contributed by atoms with Gasteiger partial charge in [-0.2, -0.15) is 9.40 Å². The van der Waals surface area contributed by atoms with E-state index in [0.29, 0.717) is 41.6 Å². The van der Waals surface area contributed by atoms with Crippen LogP contribution in [0.2, 0.25) is 0 Å². The zero-order chi connectivity index (χ0) is 20.4. The summed E-state index contributed by atoms with van der Waals surface area (Å²) in [6.45, 7) is 0.629. The standard InChI is InChI=1S/C18H18BrN5O3S2/c19-15-4-5-16(28-15)29(26,27)23-11-6-13(7-12-23)18(25)22-14-3-1-8-20-17(14)24-10-2-9-21-24/h1-5,8-10,13H,6-7,11-12H2,(H,22,25). The molecule has 0 spiro atoms. The maximum Gasteiger partial charge on any atom is 0.252 e. The van der Waals surface area contributed by atoms with Crippen molar-refractivity contribution in [3.05, 3.63) is 52.7 Å². The van der Waals surface area contributed by atoms with Crippen molar-refractivity contribution in [2.45, 2.75) is 17.1 Å². The van der Waals surface area contributed by atoms with E-state index in [1.807, 2.05) is 0 Å². The van der Waals surface area contributed by atoms with Gasteiger partial charge < -0.3 is 5.32 Å². The second-order valence-electron chi connectivity index (χ2n) is 6.55. The first-order valence-corrected chi connectivity index (χ1v) is 12.0. The summed E-state index contributed by atoms with van der Waals surface area (Å²) in [6, 6.07) is 8.63. The summed E-state index contributed by atoms with van der Waals surface area (Å²) in [7, 11) is -3.52. The smallest absolute Gasteiger partial charge is 0.252 e. The number of anilines is 1. The molecule has 1 saturated heterocycles. The molecular weight excluding hydrogens is 478 g/mol. The Kier molecular flexibility index (Phi) is 5.81. The third kappa shape index (κ3) is 4.27. The van der Waals surface area contributed by atoms with Crippen LogP contribution in [0.25, 0.3) is 5.82 Å². The predicted molar refractivity (Wildman–Crippen MR) is 113 cm³/mol. The van der Waals surface area contributed by atoms with E-state index < -0.39 is 10.0 Å². The summed E-state index contributed by atoms with van der Waals surface area (Å²) in [5, 5.41) is 7.08. The van der Waals surface area contributed by atoms with E-state index in [4.69, 9.17) is 0 Å². The van der Waals surface area contributed by atoms with Crippen molar-refractivity contribution in [3.63, 3.8) is 0 Å². The Hall–Kier alpha value is -2.08. The molecule has 3 aromatic rings. The molecule has 0 unspecified atom stereocenters. The number of carbonyl (C=O) groups excluding carboxylic acids is 1. The molecule has 1 fully saturated rings. The molecule has 11 heteroatoms. The molecule has 1 amide bonds. The maximum absolute atomic E-state index is 12.8. The van der Waals surface area contributed by atoms with Crippen LogP contribution in [0.4, 0.5) is 5.69 Å². The number of hydrogen-bond acceptors (Lipinski definition) is 6. The van der Waals surface area contributed by atoms with Gasteiger partial charge in [0.25, 0.3) is 10.0 Å². The lowest BCUT2D eigenvalue weighted by molar-refractivity contribution is -0.120. The zero-order valence-electron chi connectivity index (χ0n) is 15.2. The molecule has 4 rings (SSSR count). The van der Waals surface area contributed by atoms with Crippen LogP contribution < -0.4 is 5.32 Å². The van der Waals surface area contributed by atoms with Gasteiger partial charge in [0.15, 0.2) is 5.82 Å². The summed E-state index contributed by atoms with van der Waals surface area (Å²) in [5.74, 6) is 0.138. The van der Waals surface area contributed by atoms with Crippen LogP contribution in [0.1, 0.15) is 12.8 Å². The number of nitrogens with one attached hydrogen (secondary N) is 1. The summed E-state index contributed by atoms with van der Waals surface area (Å²) in [4.78, 5) is 17.1. The van der Waals surface area contributed by atoms with Gasteiger partial charge in [-0.25, -0.2) is 18.1 Å². The van der Waals surface area contributed by atoms with E-state index in [-0.39, 0.29) is 11.8 Å². The van der Waals surface area contributed by atoms with Crippen LogP contribution in [-0.4, -0.2) is 46.5 Å². The number of piperidine rings is 1. The molecule has 1 aliphatic heterocycles. The minimum absolute atomic E-state index is 0.137. The normalized spacial score (nSPS) is 16.0. The number of pyridine rings is 1. The van der Waals surface area contributed by atoms with Gasteiger partial charge in [-0.15, -0.1) is 11.3 Å². The number of aromatic nitrogens is 3. The van der Waals surface area contributed by atoms with Crippen molar-refractivity contribution in [1.29, 1.82) is 0 Å². The minimum Gasteiger partial charge on any atom is -0.323 e. The van der Waals surface area contributed by atoms with Gasteiger partial charge >= 0.3 is 0 Å². The lowest BCUT2D eigenvalue weighted by atomic mass is 9.97. The molecule has 1 aliphatic rings. The second kappa shape index (κ2) is 8.34. The molecule has 0 atom stereocenters. The van der Waals surface area contributed by atoms with E-state index in [9.17, 15) is 13.2 Å². The maximum atomic E-state index is 12.8. The number of rotatable bonds is 5. The number of hydrogen-bond donors (Lipinski definition) is 1. The summed E-state index contributed by atoms with van der Waals surface area (Å²) in [5.41, 5.74) is 0.569. The first kappa shape index (κ1) is 20.2. The summed E-state index contributed by atoms with van der Waals surface area (Å²) in [6.07, 6.45) is 5.97. The Morgan fingerprint density at radius 3 is 2.62 bits per heavy atom. The van der Waals surface area contributed by atoms with E-state index in [0.717, 1.165) is 3.79 Å². The van der Waals surface area contributed by atoms with Crippen LogP contribution >= 0.6 is 27.3 Å². The van der Waals surface area contributed by atoms with Gasteiger partial charge in [-0.05, 0) is 59.1 Å². The fourth-order valence-electron chi connectivity index (χ4n) is 3.23. The highest BCUT2D eigenvalue weighted by Crippen LogP contribution is 2.31. The Balaban J connectivity index is 1.42. The monoisotopic (exact) mass is 495 g/mol. The summed E-state index contributed by atoms with van der Waals surface area (Å²) >= 11 is 4.49. The molecule has 0 bridgehead atoms. The number of sulfonamides is 1. The average molecular weight is 496 g/mol. The van der Waals surface area contributed by atoms with Crippen molar-refractivity contribution in [2.75, 3.05) is 18.4 Å². The third-order valence-corrected chi connectivity index (χ3v) is 8.72. The topological polar surface area (TPSA) is 97.2 Å². The largest absolute Gasteiger partial charge is 0.323 e. The van der Waals surface area contributed by atoms with Crippen LogP contribution in [0.15, 0.2) is 56.9 Å². The quantitative estimate of drug-likeness (QED) is 0.586. The second-order valence-corrected chi connectivity index (χ2v) is 11.2. The van der Waals surface area contributed by atoms with E-state index in [1.54, 1.807) is 53.6 Å². The fraction of sp³-hybridized carbons (Fsp3) is 0.278. The number of amides is 1. The highest BCUT2D eigenvalue weighted by Gasteiger charge is 2.33. The van der Waals surface area contributed by atoms with Gasteiger partial charge in [0.2, 0.25) is 5.91 Å². The molecule has 3 aromatic heterocycles. The molecule has 0 saturated carbocycles. The lowest BCUT2D eigenvalue weighted by Crippen LogP contribution is -2.41. The number of thiophene rings is 1. The highest BCUT2D eigenvalue weighted by atomic mass is 79.9. The first-order chi connectivity index (χ1) is 13.9. The first-order valence-electron chi connectivity index (χ1n) is 8.96. The van der Waals surface area contributed by atoms with Crippen molar-refractivity contribution >= 4 is 48.9 Å². The van der Waals surface area contributed by atoms with E-state index in [2.05, 4.69) is 31.3 Å². The molecule has 0 aromatic carbocycles. The van der Waals surface area contributed by atoms with Gasteiger partial charge in [0, 0.05) is 37.6 Å². The van der Waals surface area contributed by atoms with E-state index in [1.165, 1.54) is 15.6 Å². The molecule has 1 N–H and O–H groups in total. The molecule has 0 radical (unpaired) electrons. The van der Waals surface area contributed by atoms with Crippen LogP contribution in [0, 0.1) is 5.92 Å². The van der Waals surface area contributed by atoms with Gasteiger partial charge in [-0.3, -0.25) is 4.79 Å². The van der Waals surface area contributed by atoms with Gasteiger partial charge in [0.1, 0.15) is 4.21 Å². The Labute approximate surface area is 180 Å². The van der Waals surface area contributed by atoms with Crippen molar-refractivity contribution < 1.29 is 13.2 Å². The zero-order valence-corrected chi connectivity index (χ0v) is 18.5. The SMILES string of the molecule is O=C(Nc1cccnc1-n1cccn1)C1CCN(S(=O)(=O)c2ccc(Br)s2)CC1. The van der Waals surface area contributed by atoms with Crippen LogP contribution in [0.5, 0.6) is 0 Å². The number of halogens is 1. The average Bonchev–Trinajstić information content (AvgIpc) is 3.41. The molecule has 0 aliphatic carbocycles. The third-order valence-electron chi connectivity index (χ3n) is 4.73. The van der Waals surface area contributed by atoms with Crippen molar-refractivity contribution in [1.82, 2.24) is 19.1 Å². The predicted octanol–water partition coefficient (Wildman–Crippen LogP) is 3.13. The molecule has 8 nitrogen and oxygen atoms in total. The Bertz CT molecular complexity index is 1110. The summed E-state index contributed by atoms with van der Waals surface area (Å²) < 4.78 is 29.6. The lowest BCUT2D eigenvalue weighted by Gasteiger charge is -2.30. The molecular formula is C18H18BrN5O3S2. The number of nitrogens with zero attached hydrogens (tertiary/aromatic N) is 4. The minimum atomic E-state index is -3.52. The van der Waals surface area contributed by atoms with Gasteiger partial charge in [0.05, 0.1) is 9.47 Å². The Morgan fingerprint density at radius 2 is 1.97 bits per heavy atom. The fourth-order valence-corrected chi connectivity index (χ4v) is 6.86. The molecule has 152 valence electrons. The van der Waals surface area contributed by atoms with Crippen molar-refractivity contribution in [3.8, 4) is 5.82 Å². The number of carbonyl (C=O) groups is 1. The Morgan fingerprint density at radius 1 is 1.17 bits per heavy atom.